The van der Waals surface area contributed by atoms with Crippen molar-refractivity contribution < 1.29 is 23.1 Å². The van der Waals surface area contributed by atoms with Crippen LogP contribution < -0.4 is 15.4 Å². The fraction of sp³-hybridized carbons (Fsp3) is 0.176. The van der Waals surface area contributed by atoms with Crippen LogP contribution in [-0.4, -0.2) is 18.9 Å². The number of amides is 2. The summed E-state index contributed by atoms with van der Waals surface area (Å²) in [5.74, 6) is -2.36. The first-order valence-electron chi connectivity index (χ1n) is 7.08. The van der Waals surface area contributed by atoms with Gasteiger partial charge in [-0.3, -0.25) is 9.59 Å². The Kier molecular flexibility index (Phi) is 5.47. The Balaban J connectivity index is 2.13. The lowest BCUT2D eigenvalue weighted by atomic mass is 10.1. The van der Waals surface area contributed by atoms with Gasteiger partial charge in [0.25, 0.3) is 5.91 Å². The van der Waals surface area contributed by atoms with E-state index in [1.54, 1.807) is 18.2 Å². The fourth-order valence-electron chi connectivity index (χ4n) is 2.11. The molecule has 2 aromatic rings. The van der Waals surface area contributed by atoms with Crippen molar-refractivity contribution in [2.75, 3.05) is 12.4 Å². The molecule has 0 fully saturated rings. The van der Waals surface area contributed by atoms with E-state index in [-0.39, 0.29) is 18.0 Å². The molecule has 2 amide bonds. The summed E-state index contributed by atoms with van der Waals surface area (Å²) in [4.78, 5) is 23.1. The molecule has 0 spiro atoms. The third-order valence-electron chi connectivity index (χ3n) is 3.22. The first kappa shape index (κ1) is 17.4. The summed E-state index contributed by atoms with van der Waals surface area (Å²) < 4.78 is 31.3. The zero-order valence-corrected chi connectivity index (χ0v) is 13.2. The molecule has 126 valence electrons. The lowest BCUT2D eigenvalue weighted by Crippen LogP contribution is -2.23. The molecule has 0 unspecified atom stereocenters. The van der Waals surface area contributed by atoms with Gasteiger partial charge in [0.1, 0.15) is 5.75 Å². The van der Waals surface area contributed by atoms with Gasteiger partial charge >= 0.3 is 0 Å². The molecule has 2 rings (SSSR count). The summed E-state index contributed by atoms with van der Waals surface area (Å²) >= 11 is 0. The zero-order valence-electron chi connectivity index (χ0n) is 13.2. The monoisotopic (exact) mass is 334 g/mol. The number of carbonyl (C=O) groups excluding carboxylic acids is 2. The maximum Gasteiger partial charge on any atom is 0.251 e. The maximum absolute atomic E-state index is 13.2. The van der Waals surface area contributed by atoms with Crippen molar-refractivity contribution >= 4 is 17.5 Å². The van der Waals surface area contributed by atoms with Crippen LogP contribution in [0.1, 0.15) is 22.8 Å². The Morgan fingerprint density at radius 3 is 2.46 bits per heavy atom. The number of hydrogen-bond acceptors (Lipinski definition) is 3. The third kappa shape index (κ3) is 4.28. The van der Waals surface area contributed by atoms with E-state index in [2.05, 4.69) is 10.6 Å². The van der Waals surface area contributed by atoms with Crippen LogP contribution in [0.4, 0.5) is 14.5 Å². The van der Waals surface area contributed by atoms with E-state index in [0.29, 0.717) is 17.0 Å². The Labute approximate surface area is 137 Å². The van der Waals surface area contributed by atoms with Gasteiger partial charge in [-0.1, -0.05) is 0 Å². The van der Waals surface area contributed by atoms with Gasteiger partial charge in [0.15, 0.2) is 11.6 Å². The highest BCUT2D eigenvalue weighted by atomic mass is 19.2. The highest BCUT2D eigenvalue weighted by molar-refractivity contribution is 5.94. The quantitative estimate of drug-likeness (QED) is 0.883. The van der Waals surface area contributed by atoms with Crippen LogP contribution >= 0.6 is 0 Å². The van der Waals surface area contributed by atoms with Crippen molar-refractivity contribution in [3.8, 4) is 5.75 Å². The van der Waals surface area contributed by atoms with Gasteiger partial charge in [-0.05, 0) is 36.4 Å². The van der Waals surface area contributed by atoms with Crippen LogP contribution in [-0.2, 0) is 11.3 Å². The number of hydrogen-bond donors (Lipinski definition) is 2. The molecule has 0 aromatic heterocycles. The van der Waals surface area contributed by atoms with Crippen molar-refractivity contribution in [2.24, 2.45) is 0 Å². The molecule has 7 heteroatoms. The molecule has 0 heterocycles. The number of rotatable bonds is 5. The molecule has 2 N–H and O–H groups in total. The molecule has 0 aliphatic rings. The minimum absolute atomic E-state index is 0.00545. The number of nitrogens with one attached hydrogen (secondary N) is 2. The molecule has 2 aromatic carbocycles. The number of ether oxygens (including phenoxy) is 1. The average molecular weight is 334 g/mol. The van der Waals surface area contributed by atoms with Crippen molar-refractivity contribution in [3.05, 3.63) is 59.2 Å². The van der Waals surface area contributed by atoms with E-state index < -0.39 is 17.5 Å². The van der Waals surface area contributed by atoms with Crippen LogP contribution in [0.2, 0.25) is 0 Å². The molecule has 0 saturated heterocycles. The zero-order chi connectivity index (χ0) is 17.7. The molecule has 5 nitrogen and oxygen atoms in total. The van der Waals surface area contributed by atoms with Crippen LogP contribution in [0.5, 0.6) is 5.75 Å². The summed E-state index contributed by atoms with van der Waals surface area (Å²) in [6.07, 6.45) is 0. The minimum atomic E-state index is -1.09. The summed E-state index contributed by atoms with van der Waals surface area (Å²) in [5.41, 5.74) is 1.19. The molecule has 0 aliphatic heterocycles. The van der Waals surface area contributed by atoms with Gasteiger partial charge in [0.2, 0.25) is 5.91 Å². The maximum atomic E-state index is 13.2. The summed E-state index contributed by atoms with van der Waals surface area (Å²) in [6, 6.07) is 7.90. The lowest BCUT2D eigenvalue weighted by molar-refractivity contribution is -0.114. The summed E-state index contributed by atoms with van der Waals surface area (Å²) in [5, 5.41) is 5.23. The van der Waals surface area contributed by atoms with Crippen molar-refractivity contribution in [1.82, 2.24) is 5.32 Å². The SMILES string of the molecule is COc1ccc(NC(C)=O)cc1CNC(=O)c1ccc(F)c(F)c1. The van der Waals surface area contributed by atoms with E-state index in [0.717, 1.165) is 12.1 Å². The molecule has 0 aliphatic carbocycles. The van der Waals surface area contributed by atoms with Gasteiger partial charge in [-0.25, -0.2) is 8.78 Å². The molecule has 0 radical (unpaired) electrons. The standard InChI is InChI=1S/C17H16F2N2O3/c1-10(22)21-13-4-6-16(24-2)12(7-13)9-20-17(23)11-3-5-14(18)15(19)8-11/h3-8H,9H2,1-2H3,(H,20,23)(H,21,22). The van der Waals surface area contributed by atoms with Crippen LogP contribution in [0.3, 0.4) is 0 Å². The van der Waals surface area contributed by atoms with E-state index in [4.69, 9.17) is 4.74 Å². The van der Waals surface area contributed by atoms with Gasteiger partial charge in [-0.2, -0.15) is 0 Å². The predicted octanol–water partition coefficient (Wildman–Crippen LogP) is 2.86. The Morgan fingerprint density at radius 2 is 1.83 bits per heavy atom. The molecule has 0 atom stereocenters. The van der Waals surface area contributed by atoms with Gasteiger partial charge in [0, 0.05) is 30.3 Å². The summed E-state index contributed by atoms with van der Waals surface area (Å²) in [7, 11) is 1.48. The third-order valence-corrected chi connectivity index (χ3v) is 3.22. The second kappa shape index (κ2) is 7.54. The van der Waals surface area contributed by atoms with E-state index in [1.165, 1.54) is 20.1 Å². The number of benzene rings is 2. The van der Waals surface area contributed by atoms with E-state index >= 15 is 0 Å². The normalized spacial score (nSPS) is 10.2. The number of halogens is 2. The first-order valence-corrected chi connectivity index (χ1v) is 7.08. The van der Waals surface area contributed by atoms with Gasteiger partial charge in [0.05, 0.1) is 7.11 Å². The Hall–Kier alpha value is -2.96. The minimum Gasteiger partial charge on any atom is -0.496 e. The smallest absolute Gasteiger partial charge is 0.251 e. The predicted molar refractivity (Wildman–Crippen MR) is 84.8 cm³/mol. The average Bonchev–Trinajstić information content (AvgIpc) is 2.54. The number of carbonyl (C=O) groups is 2. The molecule has 0 saturated carbocycles. The number of methoxy groups -OCH3 is 1. The second-order valence-corrected chi connectivity index (χ2v) is 5.02. The Bertz CT molecular complexity index is 778. The van der Waals surface area contributed by atoms with Gasteiger partial charge < -0.3 is 15.4 Å². The molecular weight excluding hydrogens is 318 g/mol. The summed E-state index contributed by atoms with van der Waals surface area (Å²) in [6.45, 7) is 1.48. The molecule has 24 heavy (non-hydrogen) atoms. The van der Waals surface area contributed by atoms with E-state index in [9.17, 15) is 18.4 Å². The van der Waals surface area contributed by atoms with Crippen LogP contribution in [0, 0.1) is 11.6 Å². The highest BCUT2D eigenvalue weighted by Crippen LogP contribution is 2.22. The largest absolute Gasteiger partial charge is 0.496 e. The lowest BCUT2D eigenvalue weighted by Gasteiger charge is -2.12. The topological polar surface area (TPSA) is 67.4 Å². The first-order chi connectivity index (χ1) is 11.4. The second-order valence-electron chi connectivity index (χ2n) is 5.02. The fourth-order valence-corrected chi connectivity index (χ4v) is 2.11. The van der Waals surface area contributed by atoms with Crippen LogP contribution in [0.15, 0.2) is 36.4 Å². The highest BCUT2D eigenvalue weighted by Gasteiger charge is 2.11. The number of anilines is 1. The molecular formula is C17H16F2N2O3. The van der Waals surface area contributed by atoms with Crippen LogP contribution in [0.25, 0.3) is 0 Å². The van der Waals surface area contributed by atoms with E-state index in [1.807, 2.05) is 0 Å². The van der Waals surface area contributed by atoms with Crippen molar-refractivity contribution in [3.63, 3.8) is 0 Å². The Morgan fingerprint density at radius 1 is 1.08 bits per heavy atom. The van der Waals surface area contributed by atoms with Gasteiger partial charge in [-0.15, -0.1) is 0 Å². The molecule has 0 bridgehead atoms. The van der Waals surface area contributed by atoms with Crippen molar-refractivity contribution in [2.45, 2.75) is 13.5 Å². The van der Waals surface area contributed by atoms with Crippen molar-refractivity contribution in [1.29, 1.82) is 0 Å².